The summed E-state index contributed by atoms with van der Waals surface area (Å²) in [6.45, 7) is 1.89. The van der Waals surface area contributed by atoms with E-state index in [4.69, 9.17) is 14.2 Å². The summed E-state index contributed by atoms with van der Waals surface area (Å²) in [7, 11) is 3.01. The van der Waals surface area contributed by atoms with E-state index in [1.807, 2.05) is 19.1 Å². The molecular weight excluding hydrogens is 489 g/mol. The lowest BCUT2D eigenvalue weighted by Gasteiger charge is -2.15. The van der Waals surface area contributed by atoms with Gasteiger partial charge in [0.2, 0.25) is 5.88 Å². The zero-order valence-electron chi connectivity index (χ0n) is 21.3. The fraction of sp³-hybridized carbons (Fsp3) is 0.276. The van der Waals surface area contributed by atoms with Gasteiger partial charge in [0.15, 0.2) is 22.8 Å². The maximum Gasteiger partial charge on any atom is 0.257 e. The van der Waals surface area contributed by atoms with Crippen molar-refractivity contribution in [2.24, 2.45) is 5.41 Å². The number of aromatic nitrogens is 3. The van der Waals surface area contributed by atoms with Crippen LogP contribution >= 0.6 is 0 Å². The van der Waals surface area contributed by atoms with Gasteiger partial charge < -0.3 is 14.2 Å². The van der Waals surface area contributed by atoms with Crippen molar-refractivity contribution < 1.29 is 28.2 Å². The molecule has 0 saturated heterocycles. The number of hydrogen-bond acceptors (Lipinski definition) is 8. The molecule has 4 aromatic rings. The number of carbonyl (C=O) groups is 2. The molecule has 1 fully saturated rings. The van der Waals surface area contributed by atoms with Gasteiger partial charge in [-0.1, -0.05) is 18.2 Å². The lowest BCUT2D eigenvalue weighted by molar-refractivity contribution is -0.133. The quantitative estimate of drug-likeness (QED) is 0.273. The second-order valence-electron chi connectivity index (χ2n) is 9.35. The van der Waals surface area contributed by atoms with Crippen molar-refractivity contribution in [2.45, 2.75) is 32.6 Å². The third-order valence-electron chi connectivity index (χ3n) is 6.90. The molecule has 0 radical (unpaired) electrons. The van der Waals surface area contributed by atoms with Crippen LogP contribution in [0.3, 0.4) is 0 Å². The first-order chi connectivity index (χ1) is 18.3. The minimum atomic E-state index is -0.943. The van der Waals surface area contributed by atoms with E-state index in [9.17, 15) is 14.0 Å². The fourth-order valence-corrected chi connectivity index (χ4v) is 4.47. The van der Waals surface area contributed by atoms with Crippen molar-refractivity contribution in [3.8, 4) is 23.3 Å². The Morgan fingerprint density at radius 1 is 0.921 bits per heavy atom. The maximum absolute atomic E-state index is 13.2. The summed E-state index contributed by atoms with van der Waals surface area (Å²) in [5.74, 6) is 0.943. The highest BCUT2D eigenvalue weighted by Gasteiger charge is 2.54. The normalized spacial score (nSPS) is 13.7. The highest BCUT2D eigenvalue weighted by atomic mass is 19.1. The second-order valence-corrected chi connectivity index (χ2v) is 9.35. The van der Waals surface area contributed by atoms with Gasteiger partial charge in [-0.25, -0.2) is 14.4 Å². The maximum atomic E-state index is 13.2. The van der Waals surface area contributed by atoms with Crippen LogP contribution in [-0.4, -0.2) is 40.7 Å². The van der Waals surface area contributed by atoms with Gasteiger partial charge in [0, 0.05) is 18.9 Å². The Kier molecular flexibility index (Phi) is 6.75. The molecule has 0 atom stereocenters. The van der Waals surface area contributed by atoms with Gasteiger partial charge >= 0.3 is 0 Å². The first-order valence-electron chi connectivity index (χ1n) is 12.1. The Morgan fingerprint density at radius 2 is 1.66 bits per heavy atom. The predicted octanol–water partition coefficient (Wildman–Crippen LogP) is 4.99. The molecule has 2 heterocycles. The molecule has 2 aromatic carbocycles. The number of halogens is 1. The molecule has 8 nitrogen and oxygen atoms in total. The number of ether oxygens (including phenoxy) is 3. The van der Waals surface area contributed by atoms with Gasteiger partial charge in [0.1, 0.15) is 23.4 Å². The number of fused-ring (bicyclic) bond motifs is 1. The van der Waals surface area contributed by atoms with Gasteiger partial charge in [-0.3, -0.25) is 9.59 Å². The van der Waals surface area contributed by atoms with Crippen molar-refractivity contribution in [2.75, 3.05) is 14.2 Å². The van der Waals surface area contributed by atoms with Crippen LogP contribution in [0.5, 0.6) is 23.3 Å². The van der Waals surface area contributed by atoms with Crippen molar-refractivity contribution in [3.63, 3.8) is 0 Å². The van der Waals surface area contributed by atoms with E-state index >= 15 is 0 Å². The number of carbonyl (C=O) groups excluding carboxylic acids is 2. The third-order valence-corrected chi connectivity index (χ3v) is 6.90. The second kappa shape index (κ2) is 10.2. The van der Waals surface area contributed by atoms with E-state index < -0.39 is 5.41 Å². The third kappa shape index (κ3) is 4.91. The van der Waals surface area contributed by atoms with Crippen LogP contribution in [0.4, 0.5) is 4.39 Å². The van der Waals surface area contributed by atoms with E-state index in [0.717, 1.165) is 11.1 Å². The largest absolute Gasteiger partial charge is 0.491 e. The summed E-state index contributed by atoms with van der Waals surface area (Å²) in [5, 5.41) is 0. The number of benzene rings is 2. The average Bonchev–Trinajstić information content (AvgIpc) is 3.73. The molecule has 1 saturated carbocycles. The van der Waals surface area contributed by atoms with Gasteiger partial charge in [-0.2, -0.15) is 4.98 Å². The number of rotatable bonds is 10. The lowest BCUT2D eigenvalue weighted by atomic mass is 9.87. The molecular formula is C29H26FN3O5. The SMILES string of the molecule is COc1cc2ncnc(Oc3ccc(CC(=O)C4(C(=O)Cc5ccc(F)cc5)CC4)c(C)c3)c2nc1OC. The highest BCUT2D eigenvalue weighted by Crippen LogP contribution is 2.49. The smallest absolute Gasteiger partial charge is 0.257 e. The Labute approximate surface area is 218 Å². The Balaban J connectivity index is 1.31. The van der Waals surface area contributed by atoms with Crippen molar-refractivity contribution in [1.82, 2.24) is 15.0 Å². The molecule has 9 heteroatoms. The summed E-state index contributed by atoms with van der Waals surface area (Å²) in [5.41, 5.74) is 2.38. The van der Waals surface area contributed by atoms with Crippen molar-refractivity contribution in [1.29, 1.82) is 0 Å². The van der Waals surface area contributed by atoms with E-state index in [2.05, 4.69) is 15.0 Å². The molecule has 0 amide bonds. The average molecular weight is 516 g/mol. The molecule has 0 spiro atoms. The topological polar surface area (TPSA) is 101 Å². The van der Waals surface area contributed by atoms with Crippen LogP contribution in [0.25, 0.3) is 11.0 Å². The van der Waals surface area contributed by atoms with Crippen molar-refractivity contribution >= 4 is 22.6 Å². The lowest BCUT2D eigenvalue weighted by Crippen LogP contribution is -2.29. The number of methoxy groups -OCH3 is 2. The van der Waals surface area contributed by atoms with Crippen LogP contribution in [0.1, 0.15) is 29.5 Å². The Bertz CT molecular complexity index is 1530. The molecule has 0 unspecified atom stereocenters. The molecule has 0 bridgehead atoms. The molecule has 0 aliphatic heterocycles. The van der Waals surface area contributed by atoms with Gasteiger partial charge in [-0.05, 0) is 60.7 Å². The molecule has 1 aliphatic carbocycles. The van der Waals surface area contributed by atoms with Crippen molar-refractivity contribution in [3.05, 3.63) is 77.4 Å². The Hall–Kier alpha value is -4.40. The van der Waals surface area contributed by atoms with Crippen LogP contribution in [-0.2, 0) is 22.4 Å². The van der Waals surface area contributed by atoms with Crippen LogP contribution < -0.4 is 14.2 Å². The molecule has 194 valence electrons. The molecule has 5 rings (SSSR count). The standard InChI is InChI=1S/C29H26FN3O5/c1-17-12-21(38-28-26-22(31-16-32-28)15-23(36-2)27(33-26)37-3)9-6-19(17)14-25(35)29(10-11-29)24(34)13-18-4-7-20(30)8-5-18/h4-9,12,15-16H,10-11,13-14H2,1-3H3. The number of ketones is 2. The fourth-order valence-electron chi connectivity index (χ4n) is 4.47. The number of Topliss-reactive ketones (excluding diaryl/α,β-unsaturated/α-hetero) is 2. The van der Waals surface area contributed by atoms with Gasteiger partial charge in [-0.15, -0.1) is 0 Å². The number of pyridine rings is 1. The summed E-state index contributed by atoms with van der Waals surface area (Å²) in [4.78, 5) is 39.1. The van der Waals surface area contributed by atoms with E-state index in [1.54, 1.807) is 24.3 Å². The monoisotopic (exact) mass is 515 g/mol. The number of nitrogens with zero attached hydrogens (tertiary/aromatic N) is 3. The van der Waals surface area contributed by atoms with E-state index in [0.29, 0.717) is 40.9 Å². The highest BCUT2D eigenvalue weighted by molar-refractivity contribution is 6.11. The first kappa shape index (κ1) is 25.3. The summed E-state index contributed by atoms with van der Waals surface area (Å²) in [6, 6.07) is 12.9. The Morgan fingerprint density at radius 3 is 2.32 bits per heavy atom. The molecule has 2 aromatic heterocycles. The summed E-state index contributed by atoms with van der Waals surface area (Å²) < 4.78 is 29.8. The minimum Gasteiger partial charge on any atom is -0.491 e. The predicted molar refractivity (Wildman–Crippen MR) is 137 cm³/mol. The minimum absolute atomic E-state index is 0.0894. The zero-order chi connectivity index (χ0) is 26.9. The van der Waals surface area contributed by atoms with Gasteiger partial charge in [0.25, 0.3) is 5.88 Å². The molecule has 0 N–H and O–H groups in total. The number of hydrogen-bond donors (Lipinski definition) is 0. The van der Waals surface area contributed by atoms with Crippen LogP contribution in [0.15, 0.2) is 54.9 Å². The zero-order valence-corrected chi connectivity index (χ0v) is 21.3. The van der Waals surface area contributed by atoms with Crippen LogP contribution in [0.2, 0.25) is 0 Å². The first-order valence-corrected chi connectivity index (χ1v) is 12.1. The summed E-state index contributed by atoms with van der Waals surface area (Å²) >= 11 is 0. The van der Waals surface area contributed by atoms with E-state index in [-0.39, 0.29) is 42.0 Å². The van der Waals surface area contributed by atoms with Crippen LogP contribution in [0, 0.1) is 18.2 Å². The summed E-state index contributed by atoms with van der Waals surface area (Å²) in [6.07, 6.45) is 2.75. The molecule has 1 aliphatic rings. The van der Waals surface area contributed by atoms with Gasteiger partial charge in [0.05, 0.1) is 19.6 Å². The number of aryl methyl sites for hydroxylation is 1. The van der Waals surface area contributed by atoms with E-state index in [1.165, 1.54) is 32.7 Å². The molecule has 38 heavy (non-hydrogen) atoms.